The Morgan fingerprint density at radius 3 is 2.56 bits per heavy atom. The van der Waals surface area contributed by atoms with Gasteiger partial charge in [-0.1, -0.05) is 19.1 Å². The topological polar surface area (TPSA) is 87.2 Å². The van der Waals surface area contributed by atoms with E-state index < -0.39 is 17.8 Å². The predicted molar refractivity (Wildman–Crippen MR) is 91.0 cm³/mol. The van der Waals surface area contributed by atoms with Crippen LogP contribution in [0.3, 0.4) is 0 Å². The summed E-state index contributed by atoms with van der Waals surface area (Å²) in [5.41, 5.74) is 0.968. The summed E-state index contributed by atoms with van der Waals surface area (Å²) in [7, 11) is 3.18. The normalized spacial score (nSPS) is 18.1. The van der Waals surface area contributed by atoms with Crippen LogP contribution < -0.4 is 4.74 Å². The summed E-state index contributed by atoms with van der Waals surface area (Å²) in [6.45, 7) is 2.50. The van der Waals surface area contributed by atoms with Crippen LogP contribution in [-0.4, -0.2) is 59.9 Å². The molecule has 2 unspecified atom stereocenters. The molecule has 1 aromatic carbocycles. The summed E-state index contributed by atoms with van der Waals surface area (Å²) < 4.78 is 5.11. The third kappa shape index (κ3) is 4.71. The second-order valence-electron chi connectivity index (χ2n) is 6.48. The lowest BCUT2D eigenvalue weighted by atomic mass is 10.1. The van der Waals surface area contributed by atoms with Gasteiger partial charge in [0.05, 0.1) is 18.9 Å². The van der Waals surface area contributed by atoms with Crippen molar-refractivity contribution in [3.05, 3.63) is 29.8 Å². The zero-order chi connectivity index (χ0) is 18.6. The fraction of sp³-hybridized carbons (Fsp3) is 0.500. The van der Waals surface area contributed by atoms with Gasteiger partial charge in [-0.05, 0) is 17.7 Å². The molecule has 1 heterocycles. The van der Waals surface area contributed by atoms with Gasteiger partial charge in [-0.15, -0.1) is 0 Å². The average Bonchev–Trinajstić information content (AvgIpc) is 2.95. The number of rotatable bonds is 7. The van der Waals surface area contributed by atoms with Crippen LogP contribution in [0.25, 0.3) is 0 Å². The highest BCUT2D eigenvalue weighted by Gasteiger charge is 2.36. The first kappa shape index (κ1) is 18.8. The summed E-state index contributed by atoms with van der Waals surface area (Å²) in [5, 5.41) is 8.95. The Bertz CT molecular complexity index is 643. The summed E-state index contributed by atoms with van der Waals surface area (Å²) in [6.07, 6.45) is 0.167. The Hall–Kier alpha value is -2.57. The van der Waals surface area contributed by atoms with E-state index in [-0.39, 0.29) is 24.8 Å². The molecule has 1 aromatic rings. The van der Waals surface area contributed by atoms with Crippen LogP contribution in [0, 0.1) is 11.8 Å². The van der Waals surface area contributed by atoms with Crippen LogP contribution in [-0.2, 0) is 20.9 Å². The predicted octanol–water partition coefficient (Wildman–Crippen LogP) is 1.22. The lowest BCUT2D eigenvalue weighted by Crippen LogP contribution is -2.38. The summed E-state index contributed by atoms with van der Waals surface area (Å²) >= 11 is 0. The number of amides is 2. The van der Waals surface area contributed by atoms with Crippen molar-refractivity contribution in [2.45, 2.75) is 19.9 Å². The minimum atomic E-state index is -0.941. The molecule has 1 fully saturated rings. The summed E-state index contributed by atoms with van der Waals surface area (Å²) in [5.74, 6) is -1.49. The second-order valence-corrected chi connectivity index (χ2v) is 6.48. The number of benzene rings is 1. The number of ether oxygens (including phenoxy) is 1. The van der Waals surface area contributed by atoms with Crippen molar-refractivity contribution in [3.63, 3.8) is 0 Å². The van der Waals surface area contributed by atoms with Gasteiger partial charge in [0.25, 0.3) is 0 Å². The van der Waals surface area contributed by atoms with Crippen LogP contribution in [0.2, 0.25) is 0 Å². The molecule has 1 aliphatic rings. The van der Waals surface area contributed by atoms with Crippen molar-refractivity contribution < 1.29 is 24.2 Å². The molecule has 0 saturated carbocycles. The van der Waals surface area contributed by atoms with Crippen LogP contribution in [0.4, 0.5) is 0 Å². The van der Waals surface area contributed by atoms with Crippen molar-refractivity contribution in [2.24, 2.45) is 11.8 Å². The molecule has 25 heavy (non-hydrogen) atoms. The van der Waals surface area contributed by atoms with Crippen LogP contribution >= 0.6 is 0 Å². The number of methoxy groups -OCH3 is 1. The Kier molecular flexibility index (Phi) is 6.01. The zero-order valence-electron chi connectivity index (χ0n) is 14.8. The number of hydrogen-bond acceptors (Lipinski definition) is 4. The zero-order valence-corrected chi connectivity index (χ0v) is 14.8. The first-order valence-corrected chi connectivity index (χ1v) is 8.20. The summed E-state index contributed by atoms with van der Waals surface area (Å²) in [6, 6.07) is 7.45. The Morgan fingerprint density at radius 2 is 2.00 bits per heavy atom. The van der Waals surface area contributed by atoms with E-state index in [9.17, 15) is 14.4 Å². The third-order valence-electron chi connectivity index (χ3n) is 4.44. The first-order chi connectivity index (χ1) is 11.8. The molecule has 0 aliphatic carbocycles. The van der Waals surface area contributed by atoms with Crippen LogP contribution in [0.15, 0.2) is 24.3 Å². The SMILES string of the molecule is COc1ccc(CN2CC(C(=O)N(C)CC(C)C(=O)O)CC2=O)cc1. The molecule has 1 N–H and O–H groups in total. The number of carboxylic acids is 1. The highest BCUT2D eigenvalue weighted by Crippen LogP contribution is 2.23. The van der Waals surface area contributed by atoms with E-state index in [1.54, 1.807) is 26.0 Å². The number of carbonyl (C=O) groups excluding carboxylic acids is 2. The maximum absolute atomic E-state index is 12.5. The minimum absolute atomic E-state index is 0.0612. The highest BCUT2D eigenvalue weighted by atomic mass is 16.5. The maximum atomic E-state index is 12.5. The van der Waals surface area contributed by atoms with Crippen molar-refractivity contribution in [1.29, 1.82) is 0 Å². The molecular weight excluding hydrogens is 324 g/mol. The van der Waals surface area contributed by atoms with Crippen LogP contribution in [0.5, 0.6) is 5.75 Å². The largest absolute Gasteiger partial charge is 0.497 e. The first-order valence-electron chi connectivity index (χ1n) is 8.20. The second kappa shape index (κ2) is 8.00. The molecular formula is C18H24N2O5. The number of likely N-dealkylation sites (tertiary alicyclic amines) is 1. The van der Waals surface area contributed by atoms with E-state index >= 15 is 0 Å². The Balaban J connectivity index is 1.94. The highest BCUT2D eigenvalue weighted by molar-refractivity contribution is 5.89. The van der Waals surface area contributed by atoms with E-state index in [1.165, 1.54) is 4.90 Å². The smallest absolute Gasteiger partial charge is 0.308 e. The van der Waals surface area contributed by atoms with Crippen molar-refractivity contribution in [3.8, 4) is 5.75 Å². The number of aliphatic carboxylic acids is 1. The van der Waals surface area contributed by atoms with Gasteiger partial charge in [-0.3, -0.25) is 14.4 Å². The number of carboxylic acid groups (broad SMARTS) is 1. The van der Waals surface area contributed by atoms with E-state index in [2.05, 4.69) is 0 Å². The van der Waals surface area contributed by atoms with Gasteiger partial charge in [0.2, 0.25) is 11.8 Å². The molecule has 0 radical (unpaired) electrons. The standard InChI is InChI=1S/C18H24N2O5/c1-12(18(23)24)9-19(2)17(22)14-8-16(21)20(11-14)10-13-4-6-15(25-3)7-5-13/h4-7,12,14H,8-11H2,1-3H3,(H,23,24). The molecule has 0 spiro atoms. The molecule has 2 atom stereocenters. The molecule has 7 nitrogen and oxygen atoms in total. The maximum Gasteiger partial charge on any atom is 0.308 e. The van der Waals surface area contributed by atoms with Gasteiger partial charge < -0.3 is 19.6 Å². The molecule has 136 valence electrons. The molecule has 1 saturated heterocycles. The quantitative estimate of drug-likeness (QED) is 0.801. The van der Waals surface area contributed by atoms with E-state index in [4.69, 9.17) is 9.84 Å². The van der Waals surface area contributed by atoms with Gasteiger partial charge in [-0.25, -0.2) is 0 Å². The van der Waals surface area contributed by atoms with E-state index in [1.807, 2.05) is 24.3 Å². The fourth-order valence-corrected chi connectivity index (χ4v) is 2.93. The average molecular weight is 348 g/mol. The van der Waals surface area contributed by atoms with Crippen LogP contribution in [0.1, 0.15) is 18.9 Å². The molecule has 2 rings (SSSR count). The fourth-order valence-electron chi connectivity index (χ4n) is 2.93. The molecule has 2 amide bonds. The molecule has 0 bridgehead atoms. The van der Waals surface area contributed by atoms with Crippen molar-refractivity contribution in [2.75, 3.05) is 27.2 Å². The lowest BCUT2D eigenvalue weighted by Gasteiger charge is -2.23. The van der Waals surface area contributed by atoms with Gasteiger partial charge in [-0.2, -0.15) is 0 Å². The Labute approximate surface area is 147 Å². The molecule has 7 heteroatoms. The third-order valence-corrected chi connectivity index (χ3v) is 4.44. The lowest BCUT2D eigenvalue weighted by molar-refractivity contribution is -0.143. The number of hydrogen-bond donors (Lipinski definition) is 1. The molecule has 0 aromatic heterocycles. The number of nitrogens with zero attached hydrogens (tertiary/aromatic N) is 2. The van der Waals surface area contributed by atoms with Crippen molar-refractivity contribution in [1.82, 2.24) is 9.80 Å². The molecule has 1 aliphatic heterocycles. The van der Waals surface area contributed by atoms with Gasteiger partial charge in [0.15, 0.2) is 0 Å². The van der Waals surface area contributed by atoms with Gasteiger partial charge in [0.1, 0.15) is 5.75 Å². The van der Waals surface area contributed by atoms with Gasteiger partial charge >= 0.3 is 5.97 Å². The van der Waals surface area contributed by atoms with Crippen molar-refractivity contribution >= 4 is 17.8 Å². The summed E-state index contributed by atoms with van der Waals surface area (Å²) in [4.78, 5) is 38.7. The van der Waals surface area contributed by atoms with Gasteiger partial charge in [0, 0.05) is 33.1 Å². The van der Waals surface area contributed by atoms with E-state index in [0.717, 1.165) is 11.3 Å². The monoisotopic (exact) mass is 348 g/mol. The van der Waals surface area contributed by atoms with E-state index in [0.29, 0.717) is 13.1 Å². The minimum Gasteiger partial charge on any atom is -0.497 e. The number of carbonyl (C=O) groups is 3. The Morgan fingerprint density at radius 1 is 1.36 bits per heavy atom.